The molecule has 0 unspecified atom stereocenters. The molecule has 15 heavy (non-hydrogen) atoms. The van der Waals surface area contributed by atoms with E-state index in [-0.39, 0.29) is 22.1 Å². The van der Waals surface area contributed by atoms with Crippen LogP contribution in [0.15, 0.2) is 35.2 Å². The van der Waals surface area contributed by atoms with Crippen LogP contribution in [0.5, 0.6) is 0 Å². The molecule has 1 aromatic rings. The molecule has 2 atom stereocenters. The Morgan fingerprint density at radius 3 is 2.40 bits per heavy atom. The zero-order valence-electron chi connectivity index (χ0n) is 7.97. The Morgan fingerprint density at radius 1 is 1.20 bits per heavy atom. The van der Waals surface area contributed by atoms with Gasteiger partial charge in [-0.1, -0.05) is 18.2 Å². The number of thioether (sulfide) groups is 1. The fourth-order valence-electron chi connectivity index (χ4n) is 1.55. The zero-order valence-corrected chi connectivity index (χ0v) is 10.4. The third-order valence-electron chi connectivity index (χ3n) is 2.27. The SMILES string of the molecule is O=S1(=O)C[C@@H](Cl)[C@H](Sc2ccccc2)C1. The van der Waals surface area contributed by atoms with Crippen LogP contribution in [0.25, 0.3) is 0 Å². The van der Waals surface area contributed by atoms with Gasteiger partial charge in [0.1, 0.15) is 0 Å². The van der Waals surface area contributed by atoms with Gasteiger partial charge in [0, 0.05) is 10.1 Å². The first-order chi connectivity index (χ1) is 7.07. The number of alkyl halides is 1. The standard InChI is InChI=1S/C10H11ClO2S2/c11-9-6-15(12,13)7-10(9)14-8-4-2-1-3-5-8/h1-5,9-10H,6-7H2/t9-,10-/m1/s1. The van der Waals surface area contributed by atoms with Crippen molar-refractivity contribution in [1.29, 1.82) is 0 Å². The van der Waals surface area contributed by atoms with Gasteiger partial charge in [-0.2, -0.15) is 0 Å². The van der Waals surface area contributed by atoms with Gasteiger partial charge in [0.2, 0.25) is 0 Å². The largest absolute Gasteiger partial charge is 0.229 e. The van der Waals surface area contributed by atoms with Crippen molar-refractivity contribution in [2.45, 2.75) is 15.5 Å². The molecule has 5 heteroatoms. The second-order valence-corrected chi connectivity index (χ2v) is 7.59. The van der Waals surface area contributed by atoms with E-state index in [1.807, 2.05) is 30.3 Å². The van der Waals surface area contributed by atoms with Crippen LogP contribution in [0.1, 0.15) is 0 Å². The number of sulfone groups is 1. The van der Waals surface area contributed by atoms with Crippen molar-refractivity contribution in [2.75, 3.05) is 11.5 Å². The summed E-state index contributed by atoms with van der Waals surface area (Å²) in [5, 5.41) is -0.278. The van der Waals surface area contributed by atoms with Crippen LogP contribution < -0.4 is 0 Å². The molecule has 1 aliphatic rings. The Kier molecular flexibility index (Phi) is 3.28. The van der Waals surface area contributed by atoms with E-state index in [2.05, 4.69) is 0 Å². The van der Waals surface area contributed by atoms with Crippen molar-refractivity contribution in [2.24, 2.45) is 0 Å². The summed E-state index contributed by atoms with van der Waals surface area (Å²) in [6.07, 6.45) is 0. The van der Waals surface area contributed by atoms with E-state index < -0.39 is 9.84 Å². The fraction of sp³-hybridized carbons (Fsp3) is 0.400. The molecular weight excluding hydrogens is 252 g/mol. The maximum atomic E-state index is 11.3. The smallest absolute Gasteiger partial charge is 0.152 e. The van der Waals surface area contributed by atoms with E-state index in [4.69, 9.17) is 11.6 Å². The molecule has 1 aliphatic heterocycles. The normalized spacial score (nSPS) is 29.1. The molecule has 1 fully saturated rings. The summed E-state index contributed by atoms with van der Waals surface area (Å²) in [5.74, 6) is 0.305. The summed E-state index contributed by atoms with van der Waals surface area (Å²) >= 11 is 7.56. The van der Waals surface area contributed by atoms with Crippen molar-refractivity contribution in [1.82, 2.24) is 0 Å². The van der Waals surface area contributed by atoms with Crippen molar-refractivity contribution >= 4 is 33.2 Å². The molecule has 2 nitrogen and oxygen atoms in total. The van der Waals surface area contributed by atoms with Gasteiger partial charge in [-0.15, -0.1) is 23.4 Å². The van der Waals surface area contributed by atoms with E-state index >= 15 is 0 Å². The van der Waals surface area contributed by atoms with E-state index in [9.17, 15) is 8.42 Å². The van der Waals surface area contributed by atoms with Gasteiger partial charge in [-0.05, 0) is 12.1 Å². The molecule has 0 amide bonds. The fourth-order valence-corrected chi connectivity index (χ4v) is 5.99. The minimum Gasteiger partial charge on any atom is -0.229 e. The topological polar surface area (TPSA) is 34.1 Å². The summed E-state index contributed by atoms with van der Waals surface area (Å²) in [5.41, 5.74) is 0. The second-order valence-electron chi connectivity index (χ2n) is 3.56. The molecule has 0 bridgehead atoms. The highest BCUT2D eigenvalue weighted by atomic mass is 35.5. The second kappa shape index (κ2) is 4.36. The van der Waals surface area contributed by atoms with Gasteiger partial charge in [0.25, 0.3) is 0 Å². The lowest BCUT2D eigenvalue weighted by atomic mass is 10.4. The minimum absolute atomic E-state index is 0.0148. The maximum Gasteiger partial charge on any atom is 0.152 e. The summed E-state index contributed by atoms with van der Waals surface area (Å²) in [6, 6.07) is 9.76. The molecule has 0 aromatic heterocycles. The average molecular weight is 263 g/mol. The van der Waals surface area contributed by atoms with E-state index in [1.54, 1.807) is 11.8 Å². The van der Waals surface area contributed by atoms with Gasteiger partial charge in [-0.25, -0.2) is 8.42 Å². The number of hydrogen-bond donors (Lipinski definition) is 0. The predicted molar refractivity (Wildman–Crippen MR) is 64.4 cm³/mol. The Balaban J connectivity index is 2.08. The molecule has 82 valence electrons. The first-order valence-electron chi connectivity index (χ1n) is 4.63. The highest BCUT2D eigenvalue weighted by Crippen LogP contribution is 2.33. The minimum atomic E-state index is -2.92. The predicted octanol–water partition coefficient (Wildman–Crippen LogP) is 2.18. The van der Waals surface area contributed by atoms with Gasteiger partial charge in [0.15, 0.2) is 9.84 Å². The van der Waals surface area contributed by atoms with E-state index in [1.165, 1.54) is 0 Å². The lowest BCUT2D eigenvalue weighted by Crippen LogP contribution is -2.13. The molecule has 1 aromatic carbocycles. The monoisotopic (exact) mass is 262 g/mol. The Bertz CT molecular complexity index is 430. The lowest BCUT2D eigenvalue weighted by Gasteiger charge is -2.10. The Labute approximate surface area is 98.9 Å². The Hall–Kier alpha value is -0.190. The van der Waals surface area contributed by atoms with Gasteiger partial charge < -0.3 is 0 Å². The number of benzene rings is 1. The van der Waals surface area contributed by atoms with E-state index in [0.29, 0.717) is 0 Å². The molecule has 0 radical (unpaired) electrons. The molecule has 0 saturated carbocycles. The molecule has 0 spiro atoms. The van der Waals surface area contributed by atoms with Crippen LogP contribution in [-0.4, -0.2) is 30.6 Å². The lowest BCUT2D eigenvalue weighted by molar-refractivity contribution is 0.602. The zero-order chi connectivity index (χ0) is 10.9. The van der Waals surface area contributed by atoms with Crippen LogP contribution in [-0.2, 0) is 9.84 Å². The molecule has 1 heterocycles. The van der Waals surface area contributed by atoms with Crippen molar-refractivity contribution in [3.63, 3.8) is 0 Å². The molecule has 1 saturated heterocycles. The van der Waals surface area contributed by atoms with Crippen LogP contribution >= 0.6 is 23.4 Å². The van der Waals surface area contributed by atoms with Gasteiger partial charge in [0.05, 0.1) is 16.9 Å². The number of rotatable bonds is 2. The van der Waals surface area contributed by atoms with Gasteiger partial charge in [-0.3, -0.25) is 0 Å². The van der Waals surface area contributed by atoms with Crippen molar-refractivity contribution in [3.05, 3.63) is 30.3 Å². The van der Waals surface area contributed by atoms with Crippen LogP contribution in [0.3, 0.4) is 0 Å². The molecular formula is C10H11ClO2S2. The van der Waals surface area contributed by atoms with Crippen LogP contribution in [0, 0.1) is 0 Å². The molecule has 0 aliphatic carbocycles. The van der Waals surface area contributed by atoms with E-state index in [0.717, 1.165) is 4.90 Å². The third-order valence-corrected chi connectivity index (χ3v) is 6.34. The van der Waals surface area contributed by atoms with Gasteiger partial charge >= 0.3 is 0 Å². The average Bonchev–Trinajstić information content (AvgIpc) is 2.41. The van der Waals surface area contributed by atoms with Crippen molar-refractivity contribution in [3.8, 4) is 0 Å². The highest BCUT2D eigenvalue weighted by molar-refractivity contribution is 8.02. The molecule has 2 rings (SSSR count). The highest BCUT2D eigenvalue weighted by Gasteiger charge is 2.36. The van der Waals surface area contributed by atoms with Crippen molar-refractivity contribution < 1.29 is 8.42 Å². The molecule has 0 N–H and O–H groups in total. The Morgan fingerprint density at radius 2 is 1.87 bits per heavy atom. The summed E-state index contributed by atoms with van der Waals surface area (Å²) in [4.78, 5) is 1.07. The quantitative estimate of drug-likeness (QED) is 0.767. The number of hydrogen-bond acceptors (Lipinski definition) is 3. The third kappa shape index (κ3) is 2.89. The first kappa shape index (κ1) is 11.3. The number of halogens is 1. The first-order valence-corrected chi connectivity index (χ1v) is 7.77. The van der Waals surface area contributed by atoms with Crippen LogP contribution in [0.2, 0.25) is 0 Å². The van der Waals surface area contributed by atoms with Crippen LogP contribution in [0.4, 0.5) is 0 Å². The maximum absolute atomic E-state index is 11.3. The summed E-state index contributed by atoms with van der Waals surface area (Å²) in [6.45, 7) is 0. The summed E-state index contributed by atoms with van der Waals surface area (Å²) < 4.78 is 22.7. The summed E-state index contributed by atoms with van der Waals surface area (Å²) in [7, 11) is -2.92.